The summed E-state index contributed by atoms with van der Waals surface area (Å²) < 4.78 is 23.9. The minimum Gasteiger partial charge on any atom is -0.533 e. The molecule has 12 heavy (non-hydrogen) atoms. The molecule has 0 aliphatic rings. The largest absolute Gasteiger partial charge is 1.00 e. The summed E-state index contributed by atoms with van der Waals surface area (Å²) in [6.45, 7) is 4.00. The van der Waals surface area contributed by atoms with Crippen molar-refractivity contribution in [2.45, 2.75) is 13.8 Å². The molecular formula is C8H9F2KO. The maximum atomic E-state index is 12.0. The second kappa shape index (κ2) is 8.13. The smallest absolute Gasteiger partial charge is 0.533 e. The predicted octanol–water partition coefficient (Wildman–Crippen LogP) is -0.499. The van der Waals surface area contributed by atoms with E-state index in [1.165, 1.54) is 0 Å². The monoisotopic (exact) mass is 198 g/mol. The van der Waals surface area contributed by atoms with E-state index in [2.05, 4.69) is 0 Å². The van der Waals surface area contributed by atoms with Crippen LogP contribution >= 0.6 is 0 Å². The maximum Gasteiger partial charge on any atom is 1.00 e. The Balaban J connectivity index is 0. The SMILES string of the molecule is CC.Oc1cc(F)[c-]c(F)c1.[K+]. The summed E-state index contributed by atoms with van der Waals surface area (Å²) in [5.41, 5.74) is 0. The van der Waals surface area contributed by atoms with Crippen molar-refractivity contribution in [3.63, 3.8) is 0 Å². The van der Waals surface area contributed by atoms with Crippen LogP contribution < -0.4 is 51.4 Å². The number of benzene rings is 1. The zero-order valence-corrected chi connectivity index (χ0v) is 10.5. The van der Waals surface area contributed by atoms with Crippen LogP contribution in [0.4, 0.5) is 8.78 Å². The molecule has 1 nitrogen and oxygen atoms in total. The van der Waals surface area contributed by atoms with Gasteiger partial charge in [0.15, 0.2) is 0 Å². The van der Waals surface area contributed by atoms with Crippen LogP contribution in [0.1, 0.15) is 13.8 Å². The Hall–Kier alpha value is 0.516. The third kappa shape index (κ3) is 6.08. The Morgan fingerprint density at radius 1 is 1.17 bits per heavy atom. The first-order valence-electron chi connectivity index (χ1n) is 3.26. The molecule has 0 radical (unpaired) electrons. The molecule has 0 saturated heterocycles. The maximum absolute atomic E-state index is 12.0. The molecule has 0 bridgehead atoms. The van der Waals surface area contributed by atoms with E-state index in [0.717, 1.165) is 12.1 Å². The van der Waals surface area contributed by atoms with Gasteiger partial charge in [0.25, 0.3) is 0 Å². The summed E-state index contributed by atoms with van der Waals surface area (Å²) in [4.78, 5) is 0. The van der Waals surface area contributed by atoms with Gasteiger partial charge in [0.2, 0.25) is 0 Å². The number of halogens is 2. The Bertz CT molecular complexity index is 178. The second-order valence-electron chi connectivity index (χ2n) is 1.53. The standard InChI is InChI=1S/C6H3F2O.C2H6.K/c7-4-1-5(8)3-6(9)2-4;1-2;/h2-3,9H;1-2H3;/q-1;;+1. The Kier molecular flexibility index (Phi) is 10.2. The third-order valence-electron chi connectivity index (χ3n) is 0.788. The first-order valence-corrected chi connectivity index (χ1v) is 3.26. The Morgan fingerprint density at radius 3 is 1.75 bits per heavy atom. The van der Waals surface area contributed by atoms with Crippen molar-refractivity contribution < 1.29 is 65.3 Å². The summed E-state index contributed by atoms with van der Waals surface area (Å²) >= 11 is 0. The normalized spacial score (nSPS) is 7.67. The van der Waals surface area contributed by atoms with Crippen LogP contribution in [0.15, 0.2) is 12.1 Å². The average molecular weight is 198 g/mol. The number of hydrogen-bond acceptors (Lipinski definition) is 1. The first kappa shape index (κ1) is 15.0. The van der Waals surface area contributed by atoms with Gasteiger partial charge in [-0.2, -0.15) is 0 Å². The molecule has 0 unspecified atom stereocenters. The second-order valence-corrected chi connectivity index (χ2v) is 1.53. The van der Waals surface area contributed by atoms with Gasteiger partial charge in [0, 0.05) is 17.4 Å². The average Bonchev–Trinajstić information content (AvgIpc) is 1.88. The molecule has 1 aromatic carbocycles. The van der Waals surface area contributed by atoms with Gasteiger partial charge in [0.1, 0.15) is 0 Å². The number of phenols is 1. The fourth-order valence-corrected chi connectivity index (χ4v) is 0.488. The molecular weight excluding hydrogens is 189 g/mol. The van der Waals surface area contributed by atoms with Crippen LogP contribution in [0.25, 0.3) is 0 Å². The van der Waals surface area contributed by atoms with Crippen molar-refractivity contribution >= 4 is 0 Å². The van der Waals surface area contributed by atoms with Crippen LogP contribution in [-0.2, 0) is 0 Å². The molecule has 1 rings (SSSR count). The van der Waals surface area contributed by atoms with Gasteiger partial charge < -0.3 is 5.11 Å². The molecule has 0 amide bonds. The van der Waals surface area contributed by atoms with Crippen LogP contribution in [0.5, 0.6) is 5.75 Å². The van der Waals surface area contributed by atoms with Crippen molar-refractivity contribution in [3.05, 3.63) is 29.8 Å². The summed E-state index contributed by atoms with van der Waals surface area (Å²) in [5, 5.41) is 8.49. The molecule has 4 heteroatoms. The number of rotatable bonds is 0. The van der Waals surface area contributed by atoms with Gasteiger partial charge >= 0.3 is 51.4 Å². The fraction of sp³-hybridized carbons (Fsp3) is 0.250. The van der Waals surface area contributed by atoms with Crippen molar-refractivity contribution in [1.82, 2.24) is 0 Å². The van der Waals surface area contributed by atoms with E-state index in [1.807, 2.05) is 13.8 Å². The molecule has 0 heterocycles. The Morgan fingerprint density at radius 2 is 1.50 bits per heavy atom. The zero-order chi connectivity index (χ0) is 8.85. The van der Waals surface area contributed by atoms with Crippen molar-refractivity contribution in [1.29, 1.82) is 0 Å². The van der Waals surface area contributed by atoms with Crippen LogP contribution in [0.3, 0.4) is 0 Å². The van der Waals surface area contributed by atoms with E-state index in [4.69, 9.17) is 5.11 Å². The molecule has 0 atom stereocenters. The molecule has 62 valence electrons. The van der Waals surface area contributed by atoms with E-state index in [-0.39, 0.29) is 51.4 Å². The summed E-state index contributed by atoms with van der Waals surface area (Å²) in [5.74, 6) is -2.22. The van der Waals surface area contributed by atoms with E-state index in [9.17, 15) is 8.78 Å². The van der Waals surface area contributed by atoms with Gasteiger partial charge in [-0.25, -0.2) is 8.78 Å². The van der Waals surface area contributed by atoms with Crippen LogP contribution in [-0.4, -0.2) is 5.11 Å². The fourth-order valence-electron chi connectivity index (χ4n) is 0.488. The predicted molar refractivity (Wildman–Crippen MR) is 38.2 cm³/mol. The number of hydrogen-bond donors (Lipinski definition) is 1. The molecule has 1 N–H and O–H groups in total. The minimum absolute atomic E-state index is 0. The van der Waals surface area contributed by atoms with Crippen LogP contribution in [0, 0.1) is 17.7 Å². The number of aromatic hydroxyl groups is 1. The van der Waals surface area contributed by atoms with Gasteiger partial charge in [-0.1, -0.05) is 26.0 Å². The van der Waals surface area contributed by atoms with Crippen molar-refractivity contribution in [2.75, 3.05) is 0 Å². The summed E-state index contributed by atoms with van der Waals surface area (Å²) in [6.07, 6.45) is 0. The third-order valence-corrected chi connectivity index (χ3v) is 0.788. The van der Waals surface area contributed by atoms with Crippen molar-refractivity contribution in [2.24, 2.45) is 0 Å². The van der Waals surface area contributed by atoms with Crippen LogP contribution in [0.2, 0.25) is 0 Å². The van der Waals surface area contributed by atoms with E-state index in [1.54, 1.807) is 6.07 Å². The summed E-state index contributed by atoms with van der Waals surface area (Å²) in [6, 6.07) is 3.28. The minimum atomic E-state index is -0.896. The molecule has 0 aliphatic heterocycles. The molecule has 0 aromatic heterocycles. The zero-order valence-electron chi connectivity index (χ0n) is 7.36. The topological polar surface area (TPSA) is 20.2 Å². The first-order chi connectivity index (χ1) is 5.18. The molecule has 0 fully saturated rings. The van der Waals surface area contributed by atoms with Gasteiger partial charge in [-0.05, 0) is 0 Å². The Labute approximate surface area is 113 Å². The molecule has 0 spiro atoms. The molecule has 0 aliphatic carbocycles. The quantitative estimate of drug-likeness (QED) is 0.440. The van der Waals surface area contributed by atoms with Crippen molar-refractivity contribution in [3.8, 4) is 5.75 Å². The van der Waals surface area contributed by atoms with Gasteiger partial charge in [-0.15, -0.1) is 6.07 Å². The van der Waals surface area contributed by atoms with E-state index >= 15 is 0 Å². The van der Waals surface area contributed by atoms with Gasteiger partial charge in [-0.3, -0.25) is 0 Å². The van der Waals surface area contributed by atoms with Gasteiger partial charge in [0.05, 0.1) is 0 Å². The summed E-state index contributed by atoms with van der Waals surface area (Å²) in [7, 11) is 0. The van der Waals surface area contributed by atoms with E-state index < -0.39 is 17.4 Å². The number of phenolic OH excluding ortho intramolecular Hbond substituents is 1. The molecule has 0 saturated carbocycles. The van der Waals surface area contributed by atoms with E-state index in [0.29, 0.717) is 0 Å². The molecule has 1 aromatic rings.